The molecule has 4 heteroatoms. The molecule has 0 aliphatic carbocycles. The summed E-state index contributed by atoms with van der Waals surface area (Å²) in [5, 5.41) is 10.9. The molecule has 0 saturated heterocycles. The minimum Gasteiger partial charge on any atom is -0.258 e. The number of alkyl halides is 1. The number of hydrogen-bond acceptors (Lipinski definition) is 2. The van der Waals surface area contributed by atoms with Crippen LogP contribution < -0.4 is 0 Å². The normalized spacial score (nSPS) is 10.5. The Hall–Kier alpha value is -1.09. The van der Waals surface area contributed by atoms with E-state index in [1.165, 1.54) is 0 Å². The largest absolute Gasteiger partial charge is 0.275 e. The molecule has 0 radical (unpaired) electrons. The van der Waals surface area contributed by atoms with Crippen molar-refractivity contribution in [2.75, 3.05) is 0 Å². The Balaban J connectivity index is 3.66. The Bertz CT molecular complexity index is 398. The predicted molar refractivity (Wildman–Crippen MR) is 61.6 cm³/mol. The molecule has 0 bridgehead atoms. The van der Waals surface area contributed by atoms with Gasteiger partial charge in [-0.2, -0.15) is 0 Å². The number of rotatable bonds is 2. The summed E-state index contributed by atoms with van der Waals surface area (Å²) in [5.41, 5.74) is 4.54. The van der Waals surface area contributed by atoms with Gasteiger partial charge in [-0.05, 0) is 44.4 Å². The van der Waals surface area contributed by atoms with E-state index < -0.39 is 0 Å². The van der Waals surface area contributed by atoms with Gasteiger partial charge in [0.05, 0.1) is 4.92 Å². The predicted octanol–water partition coefficient (Wildman–Crippen LogP) is 3.57. The van der Waals surface area contributed by atoms with E-state index in [0.29, 0.717) is 5.88 Å². The molecule has 1 aromatic carbocycles. The second-order valence-electron chi connectivity index (χ2n) is 3.72. The van der Waals surface area contributed by atoms with Crippen molar-refractivity contribution in [3.05, 3.63) is 37.9 Å². The third-order valence-electron chi connectivity index (χ3n) is 3.06. The quantitative estimate of drug-likeness (QED) is 0.440. The maximum Gasteiger partial charge on any atom is 0.275 e. The third-order valence-corrected chi connectivity index (χ3v) is 3.32. The number of benzene rings is 1. The fraction of sp³-hybridized carbons (Fsp3) is 0.455. The van der Waals surface area contributed by atoms with E-state index in [2.05, 4.69) is 0 Å². The van der Waals surface area contributed by atoms with Crippen LogP contribution in [0.15, 0.2) is 0 Å². The van der Waals surface area contributed by atoms with Crippen LogP contribution in [-0.4, -0.2) is 4.92 Å². The van der Waals surface area contributed by atoms with E-state index in [-0.39, 0.29) is 10.6 Å². The highest BCUT2D eigenvalue weighted by molar-refractivity contribution is 6.17. The molecule has 0 aliphatic rings. The van der Waals surface area contributed by atoms with Gasteiger partial charge in [-0.3, -0.25) is 10.1 Å². The van der Waals surface area contributed by atoms with Crippen LogP contribution in [0.5, 0.6) is 0 Å². The summed E-state index contributed by atoms with van der Waals surface area (Å²) in [6, 6.07) is 0. The summed E-state index contributed by atoms with van der Waals surface area (Å²) in [6.45, 7) is 7.31. The SMILES string of the molecule is Cc1c(C)c([N+](=O)[O-])c(C)c(C)c1CCl. The first-order chi connectivity index (χ1) is 6.91. The first-order valence-corrected chi connectivity index (χ1v) is 5.24. The van der Waals surface area contributed by atoms with Crippen LogP contribution in [0.1, 0.15) is 27.8 Å². The molecule has 0 atom stereocenters. The molecule has 0 aliphatic heterocycles. The van der Waals surface area contributed by atoms with Crippen molar-refractivity contribution >= 4 is 17.3 Å². The second kappa shape index (κ2) is 4.19. The van der Waals surface area contributed by atoms with Crippen LogP contribution in [0.3, 0.4) is 0 Å². The molecule has 0 fully saturated rings. The number of hydrogen-bond donors (Lipinski definition) is 0. The highest BCUT2D eigenvalue weighted by Gasteiger charge is 2.21. The molecule has 0 aromatic heterocycles. The highest BCUT2D eigenvalue weighted by Crippen LogP contribution is 2.32. The maximum absolute atomic E-state index is 10.9. The lowest BCUT2D eigenvalue weighted by Crippen LogP contribution is -2.03. The highest BCUT2D eigenvalue weighted by atomic mass is 35.5. The van der Waals surface area contributed by atoms with Gasteiger partial charge in [0.25, 0.3) is 5.69 Å². The van der Waals surface area contributed by atoms with Gasteiger partial charge in [0, 0.05) is 17.0 Å². The van der Waals surface area contributed by atoms with Gasteiger partial charge < -0.3 is 0 Å². The van der Waals surface area contributed by atoms with Crippen LogP contribution >= 0.6 is 11.6 Å². The van der Waals surface area contributed by atoms with Crippen LogP contribution in [0.2, 0.25) is 0 Å². The van der Waals surface area contributed by atoms with Crippen LogP contribution in [0.25, 0.3) is 0 Å². The molecule has 1 aromatic rings. The average Bonchev–Trinajstić information content (AvgIpc) is 2.16. The molecule has 0 heterocycles. The Labute approximate surface area is 94.2 Å². The summed E-state index contributed by atoms with van der Waals surface area (Å²) in [7, 11) is 0. The Kier molecular flexibility index (Phi) is 3.35. The molecule has 3 nitrogen and oxygen atoms in total. The molecular weight excluding hydrogens is 214 g/mol. The van der Waals surface area contributed by atoms with Crippen molar-refractivity contribution in [2.24, 2.45) is 0 Å². The first-order valence-electron chi connectivity index (χ1n) is 4.71. The summed E-state index contributed by atoms with van der Waals surface area (Å²) in [4.78, 5) is 10.6. The number of nitro benzene ring substituents is 1. The zero-order valence-corrected chi connectivity index (χ0v) is 10.1. The zero-order valence-electron chi connectivity index (χ0n) is 9.35. The van der Waals surface area contributed by atoms with Gasteiger partial charge in [0.1, 0.15) is 0 Å². The van der Waals surface area contributed by atoms with Gasteiger partial charge in [0.15, 0.2) is 0 Å². The summed E-state index contributed by atoms with van der Waals surface area (Å²) in [6.07, 6.45) is 0. The standard InChI is InChI=1S/C11H14ClNO2/c1-6-8(3)11(13(14)15)9(4)7(2)10(6)5-12/h5H2,1-4H3. The van der Waals surface area contributed by atoms with Crippen molar-refractivity contribution in [3.8, 4) is 0 Å². The molecule has 82 valence electrons. The molecule has 0 saturated carbocycles. The van der Waals surface area contributed by atoms with Gasteiger partial charge in [-0.25, -0.2) is 0 Å². The number of nitro groups is 1. The molecule has 0 spiro atoms. The fourth-order valence-corrected chi connectivity index (χ4v) is 2.25. The zero-order chi connectivity index (χ0) is 11.7. The Morgan fingerprint density at radius 2 is 1.47 bits per heavy atom. The van der Waals surface area contributed by atoms with Crippen molar-refractivity contribution < 1.29 is 4.92 Å². The summed E-state index contributed by atoms with van der Waals surface area (Å²) >= 11 is 5.84. The molecule has 1 rings (SSSR count). The van der Waals surface area contributed by atoms with Crippen LogP contribution in [-0.2, 0) is 5.88 Å². The van der Waals surface area contributed by atoms with Crippen molar-refractivity contribution in [1.29, 1.82) is 0 Å². The lowest BCUT2D eigenvalue weighted by atomic mass is 9.93. The van der Waals surface area contributed by atoms with E-state index in [9.17, 15) is 10.1 Å². The summed E-state index contributed by atoms with van der Waals surface area (Å²) in [5.74, 6) is 0.400. The Morgan fingerprint density at radius 3 is 1.73 bits per heavy atom. The summed E-state index contributed by atoms with van der Waals surface area (Å²) < 4.78 is 0. The van der Waals surface area contributed by atoms with Gasteiger partial charge in [0.2, 0.25) is 0 Å². The fourth-order valence-electron chi connectivity index (χ4n) is 1.84. The van der Waals surface area contributed by atoms with E-state index in [0.717, 1.165) is 27.8 Å². The monoisotopic (exact) mass is 227 g/mol. The van der Waals surface area contributed by atoms with Crippen molar-refractivity contribution in [3.63, 3.8) is 0 Å². The van der Waals surface area contributed by atoms with E-state index in [4.69, 9.17) is 11.6 Å². The average molecular weight is 228 g/mol. The minimum atomic E-state index is -0.317. The number of halogens is 1. The van der Waals surface area contributed by atoms with Gasteiger partial charge in [-0.15, -0.1) is 11.6 Å². The lowest BCUT2D eigenvalue weighted by Gasteiger charge is -2.13. The van der Waals surface area contributed by atoms with E-state index in [1.807, 2.05) is 13.8 Å². The van der Waals surface area contributed by atoms with Crippen molar-refractivity contribution in [2.45, 2.75) is 33.6 Å². The van der Waals surface area contributed by atoms with Crippen LogP contribution in [0, 0.1) is 37.8 Å². The molecular formula is C11H14ClNO2. The van der Waals surface area contributed by atoms with Crippen LogP contribution in [0.4, 0.5) is 5.69 Å². The van der Waals surface area contributed by atoms with E-state index >= 15 is 0 Å². The molecule has 15 heavy (non-hydrogen) atoms. The van der Waals surface area contributed by atoms with Gasteiger partial charge >= 0.3 is 0 Å². The minimum absolute atomic E-state index is 0.221. The number of nitrogens with zero attached hydrogens (tertiary/aromatic N) is 1. The molecule has 0 unspecified atom stereocenters. The second-order valence-corrected chi connectivity index (χ2v) is 3.99. The smallest absolute Gasteiger partial charge is 0.258 e. The van der Waals surface area contributed by atoms with Crippen molar-refractivity contribution in [1.82, 2.24) is 0 Å². The van der Waals surface area contributed by atoms with Gasteiger partial charge in [-0.1, -0.05) is 0 Å². The molecule has 0 N–H and O–H groups in total. The lowest BCUT2D eigenvalue weighted by molar-refractivity contribution is -0.386. The topological polar surface area (TPSA) is 43.1 Å². The van der Waals surface area contributed by atoms with E-state index in [1.54, 1.807) is 13.8 Å². The first kappa shape index (κ1) is 12.0. The third kappa shape index (κ3) is 1.84. The molecule has 0 amide bonds. The Morgan fingerprint density at radius 1 is 1.07 bits per heavy atom. The maximum atomic E-state index is 10.9.